The van der Waals surface area contributed by atoms with E-state index in [-0.39, 0.29) is 18.5 Å². The normalized spacial score (nSPS) is 10.8. The van der Waals surface area contributed by atoms with Crippen molar-refractivity contribution in [2.24, 2.45) is 0 Å². The first-order valence-electron chi connectivity index (χ1n) is 8.06. The number of carbonyl (C=O) groups excluding carboxylic acids is 1. The lowest BCUT2D eigenvalue weighted by atomic mass is 10.2. The molecule has 0 atom stereocenters. The second-order valence-electron chi connectivity index (χ2n) is 5.81. The van der Waals surface area contributed by atoms with Crippen molar-refractivity contribution < 1.29 is 19.4 Å². The van der Waals surface area contributed by atoms with Crippen LogP contribution in [0.25, 0.3) is 10.6 Å². The lowest BCUT2D eigenvalue weighted by molar-refractivity contribution is -0.138. The van der Waals surface area contributed by atoms with Crippen LogP contribution >= 0.6 is 11.3 Å². The largest absolute Gasteiger partial charge is 0.494 e. The van der Waals surface area contributed by atoms with E-state index in [1.54, 1.807) is 20.8 Å². The number of amides is 1. The zero-order chi connectivity index (χ0) is 18.6. The van der Waals surface area contributed by atoms with Gasteiger partial charge >= 0.3 is 5.97 Å². The number of carbonyl (C=O) groups is 2. The summed E-state index contributed by atoms with van der Waals surface area (Å²) >= 11 is 1.28. The van der Waals surface area contributed by atoms with Gasteiger partial charge < -0.3 is 14.7 Å². The van der Waals surface area contributed by atoms with Crippen LogP contribution in [-0.4, -0.2) is 46.1 Å². The predicted octanol–water partition coefficient (Wildman–Crippen LogP) is 3.45. The Kier molecular flexibility index (Phi) is 6.14. The Morgan fingerprint density at radius 2 is 1.92 bits per heavy atom. The van der Waals surface area contributed by atoms with Crippen LogP contribution in [0.1, 0.15) is 36.1 Å². The van der Waals surface area contributed by atoms with Gasteiger partial charge in [0, 0.05) is 11.6 Å². The molecule has 0 saturated carbocycles. The number of carboxylic acid groups (broad SMARTS) is 1. The first-order chi connectivity index (χ1) is 11.8. The molecule has 0 fully saturated rings. The van der Waals surface area contributed by atoms with E-state index in [1.165, 1.54) is 16.2 Å². The molecule has 0 aliphatic carbocycles. The number of hydrogen-bond acceptors (Lipinski definition) is 5. The molecular weight excluding hydrogens is 340 g/mol. The van der Waals surface area contributed by atoms with Gasteiger partial charge in [0.1, 0.15) is 22.2 Å². The smallest absolute Gasteiger partial charge is 0.323 e. The maximum atomic E-state index is 12.7. The number of aromatic nitrogens is 1. The second kappa shape index (κ2) is 8.11. The maximum Gasteiger partial charge on any atom is 0.323 e. The number of aliphatic carboxylic acids is 1. The molecule has 0 radical (unpaired) electrons. The van der Waals surface area contributed by atoms with Crippen LogP contribution in [0, 0.1) is 6.92 Å². The van der Waals surface area contributed by atoms with Gasteiger partial charge in [-0.05, 0) is 52.0 Å². The molecule has 1 N–H and O–H groups in total. The summed E-state index contributed by atoms with van der Waals surface area (Å²) in [6, 6.07) is 7.31. The first kappa shape index (κ1) is 18.9. The Labute approximate surface area is 151 Å². The van der Waals surface area contributed by atoms with Gasteiger partial charge in [-0.15, -0.1) is 11.3 Å². The number of hydrogen-bond donors (Lipinski definition) is 1. The fourth-order valence-corrected chi connectivity index (χ4v) is 3.37. The van der Waals surface area contributed by atoms with Crippen LogP contribution in [0.2, 0.25) is 0 Å². The van der Waals surface area contributed by atoms with Gasteiger partial charge in [-0.2, -0.15) is 0 Å². The van der Waals surface area contributed by atoms with Crippen molar-refractivity contribution in [2.75, 3.05) is 13.2 Å². The predicted molar refractivity (Wildman–Crippen MR) is 97.3 cm³/mol. The number of nitrogens with zero attached hydrogens (tertiary/aromatic N) is 2. The third kappa shape index (κ3) is 4.57. The van der Waals surface area contributed by atoms with E-state index in [9.17, 15) is 9.59 Å². The van der Waals surface area contributed by atoms with E-state index in [0.29, 0.717) is 17.2 Å². The fraction of sp³-hybridized carbons (Fsp3) is 0.389. The molecular formula is C18H22N2O4S. The van der Waals surface area contributed by atoms with Crippen molar-refractivity contribution in [3.05, 3.63) is 34.8 Å². The van der Waals surface area contributed by atoms with Crippen molar-refractivity contribution >= 4 is 23.2 Å². The molecule has 134 valence electrons. The van der Waals surface area contributed by atoms with Crippen molar-refractivity contribution in [3.63, 3.8) is 0 Å². The lowest BCUT2D eigenvalue weighted by Crippen LogP contribution is -2.40. The molecule has 0 saturated heterocycles. The molecule has 0 aliphatic rings. The average Bonchev–Trinajstić information content (AvgIpc) is 2.94. The Morgan fingerprint density at radius 3 is 2.44 bits per heavy atom. The number of benzene rings is 1. The summed E-state index contributed by atoms with van der Waals surface area (Å²) in [5, 5.41) is 9.76. The van der Waals surface area contributed by atoms with Crippen LogP contribution in [-0.2, 0) is 4.79 Å². The van der Waals surface area contributed by atoms with E-state index in [0.717, 1.165) is 16.3 Å². The van der Waals surface area contributed by atoms with E-state index in [1.807, 2.05) is 31.2 Å². The van der Waals surface area contributed by atoms with E-state index >= 15 is 0 Å². The summed E-state index contributed by atoms with van der Waals surface area (Å²) < 4.78 is 5.43. The quantitative estimate of drug-likeness (QED) is 0.816. The van der Waals surface area contributed by atoms with Gasteiger partial charge in [0.2, 0.25) is 0 Å². The monoisotopic (exact) mass is 362 g/mol. The van der Waals surface area contributed by atoms with Gasteiger partial charge in [-0.1, -0.05) is 0 Å². The molecule has 1 aromatic heterocycles. The highest BCUT2D eigenvalue weighted by atomic mass is 32.1. The first-order valence-corrected chi connectivity index (χ1v) is 8.88. The van der Waals surface area contributed by atoms with E-state index in [2.05, 4.69) is 4.98 Å². The van der Waals surface area contributed by atoms with Gasteiger partial charge in [0.05, 0.1) is 12.3 Å². The molecule has 1 aromatic carbocycles. The molecule has 1 amide bonds. The summed E-state index contributed by atoms with van der Waals surface area (Å²) in [6.45, 7) is 7.55. The summed E-state index contributed by atoms with van der Waals surface area (Å²) in [5.74, 6) is -0.552. The number of rotatable bonds is 7. The highest BCUT2D eigenvalue weighted by Crippen LogP contribution is 2.30. The fourth-order valence-electron chi connectivity index (χ4n) is 2.34. The highest BCUT2D eigenvalue weighted by Gasteiger charge is 2.25. The molecule has 2 rings (SSSR count). The van der Waals surface area contributed by atoms with Crippen LogP contribution in [0.3, 0.4) is 0 Å². The second-order valence-corrected chi connectivity index (χ2v) is 6.81. The number of thiazole rings is 1. The topological polar surface area (TPSA) is 79.7 Å². The summed E-state index contributed by atoms with van der Waals surface area (Å²) in [5.41, 5.74) is 1.50. The van der Waals surface area contributed by atoms with Crippen LogP contribution in [0.5, 0.6) is 5.75 Å². The minimum Gasteiger partial charge on any atom is -0.494 e. The Balaban J connectivity index is 2.29. The standard InChI is InChI=1S/C18H22N2O4S/c1-5-24-14-8-6-13(7-9-14)17-19-12(4)16(25-17)18(23)20(11(2)3)10-15(21)22/h6-9,11H,5,10H2,1-4H3,(H,21,22). The van der Waals surface area contributed by atoms with Gasteiger partial charge in [0.25, 0.3) is 5.91 Å². The van der Waals surface area contributed by atoms with Crippen LogP contribution in [0.4, 0.5) is 0 Å². The van der Waals surface area contributed by atoms with Gasteiger partial charge in [0.15, 0.2) is 0 Å². The van der Waals surface area contributed by atoms with Crippen molar-refractivity contribution in [1.82, 2.24) is 9.88 Å². The zero-order valence-corrected chi connectivity index (χ0v) is 15.6. The molecule has 0 spiro atoms. The van der Waals surface area contributed by atoms with Crippen LogP contribution in [0.15, 0.2) is 24.3 Å². The van der Waals surface area contributed by atoms with Crippen LogP contribution < -0.4 is 4.74 Å². The number of carboxylic acids is 1. The Hall–Kier alpha value is -2.41. The van der Waals surface area contributed by atoms with Crippen molar-refractivity contribution in [1.29, 1.82) is 0 Å². The van der Waals surface area contributed by atoms with Crippen molar-refractivity contribution in [3.8, 4) is 16.3 Å². The summed E-state index contributed by atoms with van der Waals surface area (Å²) in [4.78, 5) is 30.1. The SMILES string of the molecule is CCOc1ccc(-c2nc(C)c(C(=O)N(CC(=O)O)C(C)C)s2)cc1. The van der Waals surface area contributed by atoms with Crippen molar-refractivity contribution in [2.45, 2.75) is 33.7 Å². The zero-order valence-electron chi connectivity index (χ0n) is 14.8. The highest BCUT2D eigenvalue weighted by molar-refractivity contribution is 7.17. The minimum atomic E-state index is -1.03. The third-order valence-corrected chi connectivity index (χ3v) is 4.79. The van der Waals surface area contributed by atoms with Gasteiger partial charge in [-0.25, -0.2) is 4.98 Å². The Bertz CT molecular complexity index is 753. The maximum absolute atomic E-state index is 12.7. The summed E-state index contributed by atoms with van der Waals surface area (Å²) in [6.07, 6.45) is 0. The molecule has 6 nitrogen and oxygen atoms in total. The minimum absolute atomic E-state index is 0.209. The van der Waals surface area contributed by atoms with Gasteiger partial charge in [-0.3, -0.25) is 9.59 Å². The molecule has 1 heterocycles. The third-order valence-electron chi connectivity index (χ3n) is 3.59. The number of ether oxygens (including phenoxy) is 1. The van der Waals surface area contributed by atoms with E-state index < -0.39 is 5.97 Å². The molecule has 2 aromatic rings. The summed E-state index contributed by atoms with van der Waals surface area (Å²) in [7, 11) is 0. The molecule has 0 bridgehead atoms. The number of aryl methyl sites for hydroxylation is 1. The molecule has 25 heavy (non-hydrogen) atoms. The Morgan fingerprint density at radius 1 is 1.28 bits per heavy atom. The molecule has 0 aliphatic heterocycles. The molecule has 7 heteroatoms. The molecule has 0 unspecified atom stereocenters. The average molecular weight is 362 g/mol. The lowest BCUT2D eigenvalue weighted by Gasteiger charge is -2.24. The van der Waals surface area contributed by atoms with E-state index in [4.69, 9.17) is 9.84 Å².